The minimum Gasteiger partial charge on any atom is -0.331 e. The first-order valence-electron chi connectivity index (χ1n) is 10.1. The van der Waals surface area contributed by atoms with Crippen LogP contribution in [0.2, 0.25) is 0 Å². The van der Waals surface area contributed by atoms with Crippen LogP contribution in [0, 0.1) is 23.4 Å². The van der Waals surface area contributed by atoms with Gasteiger partial charge in [0, 0.05) is 17.0 Å². The van der Waals surface area contributed by atoms with E-state index in [4.69, 9.17) is 0 Å². The van der Waals surface area contributed by atoms with Gasteiger partial charge in [-0.15, -0.1) is 0 Å². The lowest BCUT2D eigenvalue weighted by Crippen LogP contribution is -2.52. The minimum atomic E-state index is -4.10. The molecule has 1 amide bonds. The number of amides is 1. The number of hydrogen-bond acceptors (Lipinski definition) is 3. The number of nitrogens with one attached hydrogen (secondary N) is 1. The zero-order valence-electron chi connectivity index (χ0n) is 18.1. The molecule has 0 radical (unpaired) electrons. The number of likely N-dealkylation sites (tertiary alicyclic amines) is 1. The summed E-state index contributed by atoms with van der Waals surface area (Å²) in [5.74, 6) is -7.58. The Kier molecular flexibility index (Phi) is 6.86. The topological polar surface area (TPSA) is 66.5 Å². The minimum absolute atomic E-state index is 0.152. The van der Waals surface area contributed by atoms with Crippen molar-refractivity contribution in [2.45, 2.75) is 38.3 Å². The summed E-state index contributed by atoms with van der Waals surface area (Å²) in [4.78, 5) is 13.5. The molecule has 5 nitrogen and oxygen atoms in total. The van der Waals surface area contributed by atoms with E-state index in [1.165, 1.54) is 32.0 Å². The molecule has 1 N–H and O–H groups in total. The van der Waals surface area contributed by atoms with Gasteiger partial charge in [-0.1, -0.05) is 32.0 Å². The molecule has 0 spiro atoms. The van der Waals surface area contributed by atoms with Crippen molar-refractivity contribution in [3.05, 3.63) is 59.4 Å². The molecule has 2 atom stereocenters. The fourth-order valence-corrected chi connectivity index (χ4v) is 4.77. The van der Waals surface area contributed by atoms with Gasteiger partial charge < -0.3 is 4.90 Å². The molecule has 1 aliphatic heterocycles. The molecule has 0 bridgehead atoms. The zero-order chi connectivity index (χ0) is 24.7. The maximum Gasteiger partial charge on any atom is 0.283 e. The third kappa shape index (κ3) is 5.35. The average Bonchev–Trinajstić information content (AvgIpc) is 2.94. The summed E-state index contributed by atoms with van der Waals surface area (Å²) >= 11 is 0. The Balaban J connectivity index is 2.07. The van der Waals surface area contributed by atoms with Crippen molar-refractivity contribution < 1.29 is 35.2 Å². The molecule has 1 fully saturated rings. The Morgan fingerprint density at radius 1 is 1.15 bits per heavy atom. The largest absolute Gasteiger partial charge is 0.331 e. The van der Waals surface area contributed by atoms with E-state index in [1.54, 1.807) is 0 Å². The highest BCUT2D eigenvalue weighted by atomic mass is 32.2. The van der Waals surface area contributed by atoms with Crippen LogP contribution >= 0.6 is 0 Å². The normalized spacial score (nSPS) is 20.5. The van der Waals surface area contributed by atoms with Crippen molar-refractivity contribution in [2.24, 2.45) is 5.92 Å². The van der Waals surface area contributed by atoms with E-state index in [2.05, 4.69) is 0 Å². The molecule has 2 aromatic carbocycles. The molecule has 0 saturated carbocycles. The van der Waals surface area contributed by atoms with Crippen LogP contribution in [0.1, 0.15) is 19.4 Å². The maximum atomic E-state index is 15.3. The number of hydrogen-bond donors (Lipinski definition) is 1. The first-order chi connectivity index (χ1) is 15.2. The molecule has 11 heteroatoms. The fourth-order valence-electron chi connectivity index (χ4n) is 3.98. The van der Waals surface area contributed by atoms with Gasteiger partial charge in [0.15, 0.2) is 0 Å². The number of alkyl halides is 2. The summed E-state index contributed by atoms with van der Waals surface area (Å²) in [5.41, 5.74) is -0.795. The first kappa shape index (κ1) is 25.1. The molecule has 180 valence electrons. The van der Waals surface area contributed by atoms with E-state index in [-0.39, 0.29) is 16.7 Å². The number of halogens is 5. The lowest BCUT2D eigenvalue weighted by molar-refractivity contribution is -0.136. The summed E-state index contributed by atoms with van der Waals surface area (Å²) in [5, 5.41) is 0. The van der Waals surface area contributed by atoms with Crippen LogP contribution in [0.3, 0.4) is 0 Å². The van der Waals surface area contributed by atoms with Gasteiger partial charge in [0.1, 0.15) is 23.5 Å². The van der Waals surface area contributed by atoms with Crippen LogP contribution in [0.4, 0.5) is 22.0 Å². The number of rotatable bonds is 6. The zero-order valence-corrected chi connectivity index (χ0v) is 18.9. The van der Waals surface area contributed by atoms with Gasteiger partial charge in [0.05, 0.1) is 18.8 Å². The van der Waals surface area contributed by atoms with Gasteiger partial charge in [0.2, 0.25) is 15.9 Å². The van der Waals surface area contributed by atoms with Crippen molar-refractivity contribution in [2.75, 3.05) is 12.8 Å². The van der Waals surface area contributed by atoms with Crippen LogP contribution in [0.25, 0.3) is 11.1 Å². The summed E-state index contributed by atoms with van der Waals surface area (Å²) in [6.07, 6.45) is 0.235. The number of carbonyl (C=O) groups excluding carboxylic acids is 1. The van der Waals surface area contributed by atoms with Crippen LogP contribution in [-0.4, -0.2) is 50.0 Å². The number of benzene rings is 2. The van der Waals surface area contributed by atoms with Crippen LogP contribution in [-0.2, 0) is 21.2 Å². The molecule has 0 aliphatic carbocycles. The predicted octanol–water partition coefficient (Wildman–Crippen LogP) is 3.73. The molecule has 1 heterocycles. The summed E-state index contributed by atoms with van der Waals surface area (Å²) in [6, 6.07) is 2.94. The van der Waals surface area contributed by atoms with Crippen molar-refractivity contribution in [3.63, 3.8) is 0 Å². The van der Waals surface area contributed by atoms with E-state index < -0.39 is 70.3 Å². The smallest absolute Gasteiger partial charge is 0.283 e. The highest BCUT2D eigenvalue weighted by molar-refractivity contribution is 7.88. The molecular weight excluding hydrogens is 467 g/mol. The number of sulfonamides is 1. The van der Waals surface area contributed by atoms with E-state index in [0.29, 0.717) is 6.26 Å². The Bertz CT molecular complexity index is 1170. The van der Waals surface area contributed by atoms with Gasteiger partial charge in [-0.25, -0.2) is 35.1 Å². The van der Waals surface area contributed by atoms with Crippen LogP contribution in [0.15, 0.2) is 36.4 Å². The third-order valence-corrected chi connectivity index (χ3v) is 6.15. The lowest BCUT2D eigenvalue weighted by atomic mass is 9.95. The van der Waals surface area contributed by atoms with E-state index in [0.717, 1.165) is 23.1 Å². The lowest BCUT2D eigenvalue weighted by Gasteiger charge is -2.29. The van der Waals surface area contributed by atoms with Gasteiger partial charge in [0.25, 0.3) is 5.92 Å². The van der Waals surface area contributed by atoms with E-state index in [9.17, 15) is 30.8 Å². The summed E-state index contributed by atoms with van der Waals surface area (Å²) < 4.78 is 98.2. The quantitative estimate of drug-likeness (QED) is 0.628. The summed E-state index contributed by atoms with van der Waals surface area (Å²) in [7, 11) is -4.10. The highest BCUT2D eigenvalue weighted by Crippen LogP contribution is 2.37. The molecule has 0 unspecified atom stereocenters. The molecule has 3 rings (SSSR count). The maximum absolute atomic E-state index is 15.3. The highest BCUT2D eigenvalue weighted by Gasteiger charge is 2.57. The average molecular weight is 490 g/mol. The summed E-state index contributed by atoms with van der Waals surface area (Å²) in [6.45, 7) is 1.97. The third-order valence-electron chi connectivity index (χ3n) is 5.47. The number of nitrogens with zero attached hydrogens (tertiary/aromatic N) is 1. The second kappa shape index (κ2) is 9.02. The Morgan fingerprint density at radius 3 is 2.42 bits per heavy atom. The van der Waals surface area contributed by atoms with Crippen molar-refractivity contribution in [1.82, 2.24) is 9.62 Å². The SMILES string of the molecule is CC(C)C(=O)N1CC(F)(F)[C@H](NS(C)(=O)=O)[C@@H]1Cc1cccc(-c2cc(F)ccc2F)c1F. The first-order valence-corrected chi connectivity index (χ1v) is 12.0. The van der Waals surface area contributed by atoms with Gasteiger partial charge in [-0.3, -0.25) is 4.79 Å². The fraction of sp³-hybridized carbons (Fsp3) is 0.409. The van der Waals surface area contributed by atoms with Crippen molar-refractivity contribution in [1.29, 1.82) is 0 Å². The Morgan fingerprint density at radius 2 is 1.82 bits per heavy atom. The second-order valence-corrected chi connectivity index (χ2v) is 10.2. The van der Waals surface area contributed by atoms with Crippen LogP contribution in [0.5, 0.6) is 0 Å². The molecule has 2 aromatic rings. The number of carbonyl (C=O) groups is 1. The Labute approximate surface area is 188 Å². The Hall–Kier alpha value is -2.53. The molecule has 1 saturated heterocycles. The monoisotopic (exact) mass is 490 g/mol. The molecule has 1 aliphatic rings. The molecular formula is C22H23F5N2O3S. The second-order valence-electron chi connectivity index (χ2n) is 8.42. The van der Waals surface area contributed by atoms with Gasteiger partial charge in [-0.05, 0) is 30.2 Å². The standard InChI is InChI=1S/C22H23F5N2O3S/c1-12(2)21(30)29-11-22(26,27)20(28-33(3,31)32)18(29)9-13-5-4-6-15(19(13)25)16-10-14(23)7-8-17(16)24/h4-8,10,12,18,20,28H,9,11H2,1-3H3/t18-,20+/m0/s1. The van der Waals surface area contributed by atoms with Gasteiger partial charge >= 0.3 is 0 Å². The molecule has 33 heavy (non-hydrogen) atoms. The van der Waals surface area contributed by atoms with Crippen LogP contribution < -0.4 is 4.72 Å². The van der Waals surface area contributed by atoms with Crippen molar-refractivity contribution >= 4 is 15.9 Å². The predicted molar refractivity (Wildman–Crippen MR) is 113 cm³/mol. The van der Waals surface area contributed by atoms with E-state index >= 15 is 4.39 Å². The van der Waals surface area contributed by atoms with Crippen molar-refractivity contribution in [3.8, 4) is 11.1 Å². The van der Waals surface area contributed by atoms with E-state index in [1.807, 2.05) is 4.72 Å². The van der Waals surface area contributed by atoms with Gasteiger partial charge in [-0.2, -0.15) is 0 Å². The molecule has 0 aromatic heterocycles.